The summed E-state index contributed by atoms with van der Waals surface area (Å²) in [4.78, 5) is 0. The minimum Gasteiger partial charge on any atom is -0.318 e. The molecule has 0 saturated carbocycles. The van der Waals surface area contributed by atoms with Crippen molar-refractivity contribution in [3.05, 3.63) is 68.9 Å². The molecule has 2 N–H and O–H groups in total. The summed E-state index contributed by atoms with van der Waals surface area (Å²) in [5.74, 6) is -0.245. The van der Waals surface area contributed by atoms with Crippen LogP contribution in [0.3, 0.4) is 0 Å². The quantitative estimate of drug-likeness (QED) is 0.870. The Hall–Kier alpha value is -1.19. The molecule has 0 spiro atoms. The van der Waals surface area contributed by atoms with E-state index in [9.17, 15) is 4.39 Å². The van der Waals surface area contributed by atoms with Crippen molar-refractivity contribution in [2.24, 2.45) is 5.73 Å². The summed E-state index contributed by atoms with van der Waals surface area (Å²) in [5.41, 5.74) is 8.80. The Kier molecular flexibility index (Phi) is 3.79. The van der Waals surface area contributed by atoms with Crippen molar-refractivity contribution in [1.82, 2.24) is 0 Å². The first kappa shape index (κ1) is 14.2. The van der Waals surface area contributed by atoms with E-state index in [2.05, 4.69) is 15.9 Å². The van der Waals surface area contributed by atoms with Gasteiger partial charge in [0.15, 0.2) is 0 Å². The molecule has 2 rings (SSSR count). The Balaban J connectivity index is 2.59. The molecule has 0 saturated heterocycles. The number of halogens is 2. The lowest BCUT2D eigenvalue weighted by Gasteiger charge is -2.28. The SMILES string of the molecule is Cc1cc(C)c(C(C)(N)c2ccc(Br)cc2)c(F)c1. The van der Waals surface area contributed by atoms with Crippen LogP contribution in [0, 0.1) is 19.7 Å². The van der Waals surface area contributed by atoms with Gasteiger partial charge in [-0.2, -0.15) is 0 Å². The molecule has 0 heterocycles. The predicted octanol–water partition coefficient (Wildman–Crippen LogP) is 4.43. The molecule has 100 valence electrons. The van der Waals surface area contributed by atoms with Crippen molar-refractivity contribution in [1.29, 1.82) is 0 Å². The van der Waals surface area contributed by atoms with Crippen LogP contribution in [0.5, 0.6) is 0 Å². The van der Waals surface area contributed by atoms with E-state index in [4.69, 9.17) is 5.73 Å². The van der Waals surface area contributed by atoms with E-state index >= 15 is 0 Å². The molecule has 0 aliphatic carbocycles. The van der Waals surface area contributed by atoms with Crippen molar-refractivity contribution in [3.63, 3.8) is 0 Å². The van der Waals surface area contributed by atoms with Crippen molar-refractivity contribution in [2.75, 3.05) is 0 Å². The minimum atomic E-state index is -0.845. The lowest BCUT2D eigenvalue weighted by atomic mass is 9.82. The summed E-state index contributed by atoms with van der Waals surface area (Å²) in [7, 11) is 0. The van der Waals surface area contributed by atoms with Gasteiger partial charge in [-0.1, -0.05) is 34.1 Å². The third-order valence-electron chi connectivity index (χ3n) is 3.39. The number of hydrogen-bond donors (Lipinski definition) is 1. The number of rotatable bonds is 2. The summed E-state index contributed by atoms with van der Waals surface area (Å²) >= 11 is 3.39. The molecule has 0 amide bonds. The zero-order chi connectivity index (χ0) is 14.2. The van der Waals surface area contributed by atoms with E-state index in [0.29, 0.717) is 5.56 Å². The van der Waals surface area contributed by atoms with Crippen LogP contribution >= 0.6 is 15.9 Å². The van der Waals surface area contributed by atoms with Gasteiger partial charge in [-0.05, 0) is 55.7 Å². The van der Waals surface area contributed by atoms with Gasteiger partial charge in [-0.15, -0.1) is 0 Å². The first-order valence-corrected chi connectivity index (χ1v) is 6.94. The van der Waals surface area contributed by atoms with E-state index in [0.717, 1.165) is 21.2 Å². The number of aryl methyl sites for hydroxylation is 2. The first-order valence-electron chi connectivity index (χ1n) is 6.14. The second-order valence-corrected chi connectivity index (χ2v) is 6.06. The van der Waals surface area contributed by atoms with Gasteiger partial charge >= 0.3 is 0 Å². The van der Waals surface area contributed by atoms with Gasteiger partial charge in [-0.25, -0.2) is 4.39 Å². The monoisotopic (exact) mass is 321 g/mol. The molecule has 0 aliphatic heterocycles. The fourth-order valence-corrected chi connectivity index (χ4v) is 2.78. The van der Waals surface area contributed by atoms with Gasteiger partial charge in [0.05, 0.1) is 5.54 Å². The third kappa shape index (κ3) is 2.72. The summed E-state index contributed by atoms with van der Waals surface area (Å²) in [6.45, 7) is 5.62. The van der Waals surface area contributed by atoms with Crippen molar-refractivity contribution >= 4 is 15.9 Å². The average molecular weight is 322 g/mol. The lowest BCUT2D eigenvalue weighted by molar-refractivity contribution is 0.526. The van der Waals surface area contributed by atoms with Crippen LogP contribution < -0.4 is 5.73 Å². The number of benzene rings is 2. The van der Waals surface area contributed by atoms with Gasteiger partial charge < -0.3 is 5.73 Å². The second-order valence-electron chi connectivity index (χ2n) is 5.15. The van der Waals surface area contributed by atoms with Crippen molar-refractivity contribution in [3.8, 4) is 0 Å². The minimum absolute atomic E-state index is 0.245. The molecule has 2 aromatic carbocycles. The molecule has 0 bridgehead atoms. The normalized spacial score (nSPS) is 14.2. The average Bonchev–Trinajstić information content (AvgIpc) is 2.27. The van der Waals surface area contributed by atoms with Crippen LogP contribution in [0.1, 0.15) is 29.2 Å². The van der Waals surface area contributed by atoms with Crippen LogP contribution in [0.4, 0.5) is 4.39 Å². The van der Waals surface area contributed by atoms with Crippen LogP contribution in [0.15, 0.2) is 40.9 Å². The van der Waals surface area contributed by atoms with E-state index in [-0.39, 0.29) is 5.82 Å². The summed E-state index contributed by atoms with van der Waals surface area (Å²) in [5, 5.41) is 0. The molecule has 3 heteroatoms. The maximum Gasteiger partial charge on any atom is 0.129 e. The third-order valence-corrected chi connectivity index (χ3v) is 3.92. The highest BCUT2D eigenvalue weighted by Gasteiger charge is 2.28. The first-order chi connectivity index (χ1) is 8.82. The summed E-state index contributed by atoms with van der Waals surface area (Å²) in [6, 6.07) is 11.2. The van der Waals surface area contributed by atoms with Gasteiger partial charge in [0.25, 0.3) is 0 Å². The summed E-state index contributed by atoms with van der Waals surface area (Å²) < 4.78 is 15.3. The summed E-state index contributed by atoms with van der Waals surface area (Å²) in [6.07, 6.45) is 0. The molecular formula is C16H17BrFN. The predicted molar refractivity (Wildman–Crippen MR) is 80.7 cm³/mol. The Morgan fingerprint density at radius 3 is 2.21 bits per heavy atom. The Bertz CT molecular complexity index is 580. The van der Waals surface area contributed by atoms with E-state index in [1.807, 2.05) is 51.1 Å². The Morgan fingerprint density at radius 1 is 1.11 bits per heavy atom. The molecule has 0 radical (unpaired) electrons. The fraction of sp³-hybridized carbons (Fsp3) is 0.250. The van der Waals surface area contributed by atoms with Crippen LogP contribution in [-0.2, 0) is 5.54 Å². The molecular weight excluding hydrogens is 305 g/mol. The van der Waals surface area contributed by atoms with E-state index in [1.54, 1.807) is 0 Å². The molecule has 1 nitrogen and oxygen atoms in total. The highest BCUT2D eigenvalue weighted by molar-refractivity contribution is 9.10. The second kappa shape index (κ2) is 5.06. The highest BCUT2D eigenvalue weighted by atomic mass is 79.9. The molecule has 0 aliphatic rings. The molecule has 19 heavy (non-hydrogen) atoms. The number of hydrogen-bond acceptors (Lipinski definition) is 1. The van der Waals surface area contributed by atoms with Gasteiger partial charge in [0.2, 0.25) is 0 Å². The standard InChI is InChI=1S/C16H17BrFN/c1-10-8-11(2)15(14(18)9-10)16(3,19)12-4-6-13(17)7-5-12/h4-9H,19H2,1-3H3. The van der Waals surface area contributed by atoms with E-state index < -0.39 is 5.54 Å². The van der Waals surface area contributed by atoms with Crippen molar-refractivity contribution < 1.29 is 4.39 Å². The smallest absolute Gasteiger partial charge is 0.129 e. The topological polar surface area (TPSA) is 26.0 Å². The van der Waals surface area contributed by atoms with Crippen molar-refractivity contribution in [2.45, 2.75) is 26.3 Å². The van der Waals surface area contributed by atoms with Crippen LogP contribution in [0.2, 0.25) is 0 Å². The highest BCUT2D eigenvalue weighted by Crippen LogP contribution is 2.32. The zero-order valence-corrected chi connectivity index (χ0v) is 12.9. The van der Waals surface area contributed by atoms with E-state index in [1.165, 1.54) is 6.07 Å². The van der Waals surface area contributed by atoms with Gasteiger partial charge in [0.1, 0.15) is 5.82 Å². The molecule has 1 unspecified atom stereocenters. The molecule has 0 aromatic heterocycles. The maximum absolute atomic E-state index is 14.3. The van der Waals surface area contributed by atoms with Gasteiger partial charge in [-0.3, -0.25) is 0 Å². The zero-order valence-electron chi connectivity index (χ0n) is 11.3. The van der Waals surface area contributed by atoms with Crippen LogP contribution in [-0.4, -0.2) is 0 Å². The van der Waals surface area contributed by atoms with Crippen LogP contribution in [0.25, 0.3) is 0 Å². The van der Waals surface area contributed by atoms with Gasteiger partial charge in [0, 0.05) is 10.0 Å². The maximum atomic E-state index is 14.3. The fourth-order valence-electron chi connectivity index (χ4n) is 2.51. The number of nitrogens with two attached hydrogens (primary N) is 1. The molecule has 0 fully saturated rings. The molecule has 2 aromatic rings. The molecule has 1 atom stereocenters. The lowest BCUT2D eigenvalue weighted by Crippen LogP contribution is -2.36. The Morgan fingerprint density at radius 2 is 1.68 bits per heavy atom. The Labute approximate surface area is 121 Å². The largest absolute Gasteiger partial charge is 0.318 e.